The van der Waals surface area contributed by atoms with Crippen LogP contribution in [0, 0.1) is 0 Å². The van der Waals surface area contributed by atoms with E-state index in [0.29, 0.717) is 25.9 Å². The Morgan fingerprint density at radius 3 is 1.12 bits per heavy atom. The molecule has 0 fully saturated rings. The number of ether oxygens (including phenoxy) is 3. The number of unbranched alkanes of at least 4 members (excludes halogenated alkanes) is 16. The lowest BCUT2D eigenvalue weighted by molar-refractivity contribution is -0.162. The third-order valence-corrected chi connectivity index (χ3v) is 11.2. The van der Waals surface area contributed by atoms with Crippen LogP contribution < -0.4 is 0 Å². The number of carbonyl (C=O) groups is 2. The summed E-state index contributed by atoms with van der Waals surface area (Å²) in [7, 11) is 0. The molecule has 0 bridgehead atoms. The van der Waals surface area contributed by atoms with Gasteiger partial charge in [-0.25, -0.2) is 0 Å². The van der Waals surface area contributed by atoms with Crippen molar-refractivity contribution in [2.75, 3.05) is 19.8 Å². The van der Waals surface area contributed by atoms with Crippen LogP contribution in [-0.2, 0) is 23.8 Å². The van der Waals surface area contributed by atoms with E-state index in [1.54, 1.807) is 0 Å². The molecule has 1 atom stereocenters. The summed E-state index contributed by atoms with van der Waals surface area (Å²) in [5, 5.41) is 0. The van der Waals surface area contributed by atoms with Gasteiger partial charge in [0, 0.05) is 19.4 Å². The molecule has 0 amide bonds. The van der Waals surface area contributed by atoms with Crippen LogP contribution in [0.15, 0.2) is 134 Å². The van der Waals surface area contributed by atoms with E-state index >= 15 is 0 Å². The van der Waals surface area contributed by atoms with Crippen molar-refractivity contribution in [2.24, 2.45) is 0 Å². The summed E-state index contributed by atoms with van der Waals surface area (Å²) < 4.78 is 17.4. The minimum absolute atomic E-state index is 0.0283. The van der Waals surface area contributed by atoms with Crippen LogP contribution in [0.25, 0.3) is 0 Å². The molecule has 5 nitrogen and oxygen atoms in total. The quantitative estimate of drug-likeness (QED) is 0.0345. The third kappa shape index (κ3) is 54.6. The van der Waals surface area contributed by atoms with E-state index in [2.05, 4.69) is 148 Å². The van der Waals surface area contributed by atoms with Gasteiger partial charge in [0.2, 0.25) is 0 Å². The molecule has 5 heteroatoms. The van der Waals surface area contributed by atoms with Crippen LogP contribution in [-0.4, -0.2) is 37.9 Å². The highest BCUT2D eigenvalue weighted by Crippen LogP contribution is 2.13. The first-order chi connectivity index (χ1) is 33.6. The molecular formula is C63H102O5. The van der Waals surface area contributed by atoms with E-state index in [-0.39, 0.29) is 25.2 Å². The molecule has 0 heterocycles. The van der Waals surface area contributed by atoms with Gasteiger partial charge in [0.15, 0.2) is 6.10 Å². The summed E-state index contributed by atoms with van der Waals surface area (Å²) >= 11 is 0. The van der Waals surface area contributed by atoms with Crippen LogP contribution in [0.4, 0.5) is 0 Å². The molecule has 68 heavy (non-hydrogen) atoms. The second-order valence-electron chi connectivity index (χ2n) is 17.7. The largest absolute Gasteiger partial charge is 0.462 e. The lowest BCUT2D eigenvalue weighted by Gasteiger charge is -2.18. The standard InChI is InChI=1S/C63H102O5/c1-4-7-10-13-16-19-22-25-28-31-32-34-35-38-41-44-47-50-53-56-62(64)67-60-61(59-66-58-55-52-49-46-43-40-37-30-27-24-21-18-15-12-9-6-3)68-63(65)57-54-51-48-45-42-39-36-33-29-26-23-20-17-14-11-8-5-2/h7-8,10-11,16-21,25-30,32,34,38,41,47,50,61H,4-6,9,12-15,22-24,31,33,35-37,39-40,42-46,48-49,51-60H2,1-3H3/b10-7-,11-8-,19-16-,20-17-,21-18-,28-25-,29-26-,30-27-,34-32-,41-38-,50-47-. The zero-order valence-electron chi connectivity index (χ0n) is 44.1. The molecule has 384 valence electrons. The topological polar surface area (TPSA) is 61.8 Å². The van der Waals surface area contributed by atoms with Crippen LogP contribution >= 0.6 is 0 Å². The van der Waals surface area contributed by atoms with E-state index < -0.39 is 6.10 Å². The van der Waals surface area contributed by atoms with E-state index in [1.165, 1.54) is 77.0 Å². The van der Waals surface area contributed by atoms with Gasteiger partial charge in [-0.15, -0.1) is 0 Å². The van der Waals surface area contributed by atoms with Gasteiger partial charge in [-0.1, -0.05) is 225 Å². The van der Waals surface area contributed by atoms with Gasteiger partial charge in [0.25, 0.3) is 0 Å². The summed E-state index contributed by atoms with van der Waals surface area (Å²) in [5.41, 5.74) is 0. The Balaban J connectivity index is 4.46. The Morgan fingerprint density at radius 1 is 0.338 bits per heavy atom. The molecule has 1 unspecified atom stereocenters. The maximum absolute atomic E-state index is 12.8. The molecule has 0 saturated heterocycles. The van der Waals surface area contributed by atoms with Crippen molar-refractivity contribution in [3.05, 3.63) is 134 Å². The lowest BCUT2D eigenvalue weighted by Crippen LogP contribution is -2.30. The van der Waals surface area contributed by atoms with Crippen LogP contribution in [0.5, 0.6) is 0 Å². The number of carbonyl (C=O) groups excluding carboxylic acids is 2. The first-order valence-electron chi connectivity index (χ1n) is 27.7. The molecule has 0 N–H and O–H groups in total. The Bertz CT molecular complexity index is 1430. The highest BCUT2D eigenvalue weighted by Gasteiger charge is 2.17. The van der Waals surface area contributed by atoms with Crippen molar-refractivity contribution in [1.29, 1.82) is 0 Å². The normalized spacial score (nSPS) is 13.3. The van der Waals surface area contributed by atoms with Gasteiger partial charge in [0.05, 0.1) is 6.61 Å². The van der Waals surface area contributed by atoms with Gasteiger partial charge in [-0.2, -0.15) is 0 Å². The van der Waals surface area contributed by atoms with Crippen molar-refractivity contribution in [3.8, 4) is 0 Å². The first kappa shape index (κ1) is 64.0. The molecule has 0 spiro atoms. The highest BCUT2D eigenvalue weighted by molar-refractivity contribution is 5.70. The number of esters is 2. The van der Waals surface area contributed by atoms with E-state index in [1.807, 2.05) is 6.08 Å². The number of rotatable bonds is 49. The SMILES string of the molecule is CC/C=C\C/C=C\C/C=C\C/C=C\C/C=C\C/C=C\CCC(=O)OCC(COCCCCCCCC/C=C\C/C=C\CCCCC)OC(=O)CCCCCCCCC/C=C\C/C=C\C/C=C\CC. The molecule has 0 aromatic carbocycles. The van der Waals surface area contributed by atoms with Gasteiger partial charge in [-0.3, -0.25) is 9.59 Å². The molecule has 0 aliphatic carbocycles. The molecule has 0 aromatic heterocycles. The minimum atomic E-state index is -0.588. The van der Waals surface area contributed by atoms with Crippen molar-refractivity contribution in [1.82, 2.24) is 0 Å². The summed E-state index contributed by atoms with van der Waals surface area (Å²) in [6.07, 6.45) is 81.9. The Kier molecular flexibility index (Phi) is 54.0. The van der Waals surface area contributed by atoms with Crippen LogP contribution in [0.2, 0.25) is 0 Å². The minimum Gasteiger partial charge on any atom is -0.462 e. The van der Waals surface area contributed by atoms with Crippen LogP contribution in [0.3, 0.4) is 0 Å². The van der Waals surface area contributed by atoms with Crippen molar-refractivity contribution in [3.63, 3.8) is 0 Å². The molecule has 0 saturated carbocycles. The third-order valence-electron chi connectivity index (χ3n) is 11.2. The molecular weight excluding hydrogens is 837 g/mol. The lowest BCUT2D eigenvalue weighted by atomic mass is 10.1. The number of hydrogen-bond donors (Lipinski definition) is 0. The fourth-order valence-corrected chi connectivity index (χ4v) is 7.11. The monoisotopic (exact) mass is 939 g/mol. The van der Waals surface area contributed by atoms with E-state index in [4.69, 9.17) is 14.2 Å². The Labute approximate surface area is 419 Å². The van der Waals surface area contributed by atoms with Crippen molar-refractivity contribution in [2.45, 2.75) is 232 Å². The number of allylic oxidation sites excluding steroid dienone is 22. The van der Waals surface area contributed by atoms with Gasteiger partial charge < -0.3 is 14.2 Å². The van der Waals surface area contributed by atoms with Crippen LogP contribution in [0.1, 0.15) is 226 Å². The van der Waals surface area contributed by atoms with E-state index in [0.717, 1.165) is 109 Å². The maximum Gasteiger partial charge on any atom is 0.306 e. The molecule has 0 aliphatic rings. The fraction of sp³-hybridized carbons (Fsp3) is 0.619. The predicted molar refractivity (Wildman–Crippen MR) is 297 cm³/mol. The second kappa shape index (κ2) is 57.4. The Morgan fingerprint density at radius 2 is 0.691 bits per heavy atom. The molecule has 0 aromatic rings. The zero-order chi connectivity index (χ0) is 49.2. The summed E-state index contributed by atoms with van der Waals surface area (Å²) in [6.45, 7) is 7.46. The number of hydrogen-bond acceptors (Lipinski definition) is 5. The smallest absolute Gasteiger partial charge is 0.306 e. The highest BCUT2D eigenvalue weighted by atomic mass is 16.6. The summed E-state index contributed by atoms with van der Waals surface area (Å²) in [4.78, 5) is 25.5. The fourth-order valence-electron chi connectivity index (χ4n) is 7.11. The first-order valence-corrected chi connectivity index (χ1v) is 27.7. The average Bonchev–Trinajstić information content (AvgIpc) is 3.34. The zero-order valence-corrected chi connectivity index (χ0v) is 44.1. The summed E-state index contributed by atoms with van der Waals surface area (Å²) in [5.74, 6) is -0.518. The van der Waals surface area contributed by atoms with Gasteiger partial charge in [-0.05, 0) is 122 Å². The molecule has 0 radical (unpaired) electrons. The molecule has 0 aliphatic heterocycles. The van der Waals surface area contributed by atoms with Crippen molar-refractivity contribution < 1.29 is 23.8 Å². The van der Waals surface area contributed by atoms with Gasteiger partial charge in [0.1, 0.15) is 6.61 Å². The Hall–Kier alpha value is -3.96. The summed E-state index contributed by atoms with van der Waals surface area (Å²) in [6, 6.07) is 0. The molecule has 0 rings (SSSR count). The van der Waals surface area contributed by atoms with Gasteiger partial charge >= 0.3 is 11.9 Å². The second-order valence-corrected chi connectivity index (χ2v) is 17.7. The average molecular weight is 940 g/mol. The van der Waals surface area contributed by atoms with Crippen molar-refractivity contribution >= 4 is 11.9 Å². The predicted octanol–water partition coefficient (Wildman–Crippen LogP) is 19.1. The van der Waals surface area contributed by atoms with E-state index in [9.17, 15) is 9.59 Å². The maximum atomic E-state index is 12.8.